The average Bonchev–Trinajstić information content (AvgIpc) is 3.33. The van der Waals surface area contributed by atoms with Gasteiger partial charge in [-0.3, -0.25) is 9.69 Å². The zero-order chi connectivity index (χ0) is 24.4. The molecular weight excluding hydrogens is 442 g/mol. The summed E-state index contributed by atoms with van der Waals surface area (Å²) in [6.07, 6.45) is 0. The van der Waals surface area contributed by atoms with Gasteiger partial charge in [-0.15, -0.1) is 5.10 Å². The van der Waals surface area contributed by atoms with Crippen molar-refractivity contribution in [1.29, 1.82) is 0 Å². The molecule has 5 rings (SSSR count). The normalized spacial score (nSPS) is 16.0. The minimum Gasteiger partial charge on any atom is -0.497 e. The Balaban J connectivity index is 1.57. The fourth-order valence-corrected chi connectivity index (χ4v) is 4.81. The molecule has 9 nitrogen and oxygen atoms in total. The number of nitrogens with one attached hydrogen (secondary N) is 1. The summed E-state index contributed by atoms with van der Waals surface area (Å²) in [4.78, 5) is 21.2. The zero-order valence-electron chi connectivity index (χ0n) is 20.4. The highest BCUT2D eigenvalue weighted by molar-refractivity contribution is 5.79. The SMILES string of the molecule is CCN1CCN([C@@H](c2cc3cc(C)ccc3[nH]c2=O)c2nnnn2Cc2ccc(OC)cc2)CC1. The van der Waals surface area contributed by atoms with E-state index in [4.69, 9.17) is 4.74 Å². The number of methoxy groups -OCH3 is 1. The van der Waals surface area contributed by atoms with Gasteiger partial charge in [0.25, 0.3) is 5.56 Å². The van der Waals surface area contributed by atoms with Crippen LogP contribution in [0.2, 0.25) is 0 Å². The molecule has 4 aromatic rings. The molecule has 0 aliphatic carbocycles. The van der Waals surface area contributed by atoms with Gasteiger partial charge in [-0.25, -0.2) is 4.68 Å². The summed E-state index contributed by atoms with van der Waals surface area (Å²) in [5, 5.41) is 13.8. The van der Waals surface area contributed by atoms with Gasteiger partial charge in [0.1, 0.15) is 11.8 Å². The van der Waals surface area contributed by atoms with Crippen molar-refractivity contribution in [3.05, 3.63) is 81.4 Å². The van der Waals surface area contributed by atoms with Crippen molar-refractivity contribution in [2.24, 2.45) is 0 Å². The molecule has 0 spiro atoms. The molecular formula is C26H31N7O2. The maximum Gasteiger partial charge on any atom is 0.253 e. The van der Waals surface area contributed by atoms with E-state index in [1.807, 2.05) is 42.5 Å². The molecule has 0 radical (unpaired) electrons. The van der Waals surface area contributed by atoms with Gasteiger partial charge < -0.3 is 14.6 Å². The molecule has 1 fully saturated rings. The molecule has 0 saturated carbocycles. The molecule has 35 heavy (non-hydrogen) atoms. The molecule has 1 aliphatic heterocycles. The van der Waals surface area contributed by atoms with Crippen LogP contribution < -0.4 is 10.3 Å². The van der Waals surface area contributed by atoms with Gasteiger partial charge in [-0.05, 0) is 65.2 Å². The van der Waals surface area contributed by atoms with E-state index in [2.05, 4.69) is 50.2 Å². The maximum absolute atomic E-state index is 13.4. The van der Waals surface area contributed by atoms with Crippen molar-refractivity contribution >= 4 is 10.9 Å². The Morgan fingerprint density at radius 1 is 1.06 bits per heavy atom. The minimum absolute atomic E-state index is 0.108. The number of benzene rings is 2. The van der Waals surface area contributed by atoms with E-state index < -0.39 is 0 Å². The predicted octanol–water partition coefficient (Wildman–Crippen LogP) is 2.61. The van der Waals surface area contributed by atoms with E-state index in [-0.39, 0.29) is 11.6 Å². The highest BCUT2D eigenvalue weighted by Crippen LogP contribution is 2.28. The first kappa shape index (κ1) is 23.2. The number of likely N-dealkylation sites (N-methyl/N-ethyl adjacent to an activating group) is 1. The van der Waals surface area contributed by atoms with Crippen molar-refractivity contribution in [2.75, 3.05) is 39.8 Å². The van der Waals surface area contributed by atoms with Crippen molar-refractivity contribution in [1.82, 2.24) is 35.0 Å². The quantitative estimate of drug-likeness (QED) is 0.441. The lowest BCUT2D eigenvalue weighted by Gasteiger charge is -2.38. The predicted molar refractivity (Wildman–Crippen MR) is 135 cm³/mol. The number of tetrazole rings is 1. The highest BCUT2D eigenvalue weighted by Gasteiger charge is 2.32. The Labute approximate surface area is 204 Å². The number of hydrogen-bond acceptors (Lipinski definition) is 7. The Hall–Kier alpha value is -3.56. The molecule has 1 aliphatic rings. The van der Waals surface area contributed by atoms with E-state index >= 15 is 0 Å². The van der Waals surface area contributed by atoms with Gasteiger partial charge >= 0.3 is 0 Å². The van der Waals surface area contributed by atoms with Crippen LogP contribution in [0.1, 0.15) is 35.5 Å². The number of aromatic amines is 1. The lowest BCUT2D eigenvalue weighted by molar-refractivity contribution is 0.108. The summed E-state index contributed by atoms with van der Waals surface area (Å²) in [6, 6.07) is 15.6. The largest absolute Gasteiger partial charge is 0.497 e. The standard InChI is InChI=1S/C26H31N7O2/c1-4-31-11-13-32(14-12-31)24(22-16-20-15-18(2)5-10-23(20)27-26(22)34)25-28-29-30-33(25)17-19-6-8-21(35-3)9-7-19/h5-10,15-16,24H,4,11-14,17H2,1-3H3,(H,27,34)/t24-/m0/s1. The highest BCUT2D eigenvalue weighted by atomic mass is 16.5. The van der Waals surface area contributed by atoms with Crippen molar-refractivity contribution in [3.8, 4) is 5.75 Å². The van der Waals surface area contributed by atoms with E-state index in [1.54, 1.807) is 11.8 Å². The molecule has 0 amide bonds. The molecule has 1 N–H and O–H groups in total. The van der Waals surface area contributed by atoms with Crippen LogP contribution in [-0.2, 0) is 6.54 Å². The lowest BCUT2D eigenvalue weighted by Crippen LogP contribution is -2.49. The molecule has 1 atom stereocenters. The van der Waals surface area contributed by atoms with Crippen molar-refractivity contribution in [2.45, 2.75) is 26.4 Å². The van der Waals surface area contributed by atoms with Gasteiger partial charge in [-0.2, -0.15) is 0 Å². The Morgan fingerprint density at radius 2 is 1.83 bits per heavy atom. The fraction of sp³-hybridized carbons (Fsp3) is 0.385. The Kier molecular flexibility index (Phi) is 6.61. The number of piperazine rings is 1. The minimum atomic E-state index is -0.351. The van der Waals surface area contributed by atoms with E-state index in [1.165, 1.54) is 0 Å². The van der Waals surface area contributed by atoms with Crippen LogP contribution in [0.3, 0.4) is 0 Å². The van der Waals surface area contributed by atoms with Crippen LogP contribution in [0.15, 0.2) is 53.3 Å². The van der Waals surface area contributed by atoms with Crippen molar-refractivity contribution in [3.63, 3.8) is 0 Å². The number of hydrogen-bond donors (Lipinski definition) is 1. The third kappa shape index (κ3) is 4.82. The number of nitrogens with zero attached hydrogens (tertiary/aromatic N) is 6. The topological polar surface area (TPSA) is 92.2 Å². The van der Waals surface area contributed by atoms with Crippen LogP contribution >= 0.6 is 0 Å². The van der Waals surface area contributed by atoms with Crippen molar-refractivity contribution < 1.29 is 4.74 Å². The van der Waals surface area contributed by atoms with Crippen LogP contribution in [0, 0.1) is 6.92 Å². The first-order valence-corrected chi connectivity index (χ1v) is 12.0. The summed E-state index contributed by atoms with van der Waals surface area (Å²) in [6.45, 7) is 9.31. The third-order valence-electron chi connectivity index (χ3n) is 6.84. The zero-order valence-corrected chi connectivity index (χ0v) is 20.4. The molecule has 0 bridgehead atoms. The van der Waals surface area contributed by atoms with Crippen LogP contribution in [0.25, 0.3) is 10.9 Å². The van der Waals surface area contributed by atoms with Gasteiger partial charge in [-0.1, -0.05) is 30.7 Å². The van der Waals surface area contributed by atoms with E-state index in [0.717, 1.165) is 60.5 Å². The molecule has 9 heteroatoms. The Morgan fingerprint density at radius 3 is 2.54 bits per heavy atom. The van der Waals surface area contributed by atoms with E-state index in [0.29, 0.717) is 17.9 Å². The lowest BCUT2D eigenvalue weighted by atomic mass is 10.0. The molecule has 182 valence electrons. The van der Waals surface area contributed by atoms with Crippen LogP contribution in [-0.4, -0.2) is 74.8 Å². The number of aryl methyl sites for hydroxylation is 1. The molecule has 3 heterocycles. The van der Waals surface area contributed by atoms with Gasteiger partial charge in [0, 0.05) is 37.3 Å². The third-order valence-corrected chi connectivity index (χ3v) is 6.84. The second-order valence-corrected chi connectivity index (χ2v) is 9.06. The average molecular weight is 474 g/mol. The number of H-pyrrole nitrogens is 1. The molecule has 0 unspecified atom stereocenters. The van der Waals surface area contributed by atoms with Crippen LogP contribution in [0.5, 0.6) is 5.75 Å². The maximum atomic E-state index is 13.4. The number of rotatable bonds is 7. The molecule has 1 saturated heterocycles. The second-order valence-electron chi connectivity index (χ2n) is 9.06. The van der Waals surface area contributed by atoms with E-state index in [9.17, 15) is 4.79 Å². The van der Waals surface area contributed by atoms with Gasteiger partial charge in [0.2, 0.25) is 0 Å². The number of pyridine rings is 1. The first-order chi connectivity index (χ1) is 17.1. The molecule has 2 aromatic carbocycles. The second kappa shape index (κ2) is 9.97. The summed E-state index contributed by atoms with van der Waals surface area (Å²) >= 11 is 0. The van der Waals surface area contributed by atoms with Crippen LogP contribution in [0.4, 0.5) is 0 Å². The monoisotopic (exact) mass is 473 g/mol. The molecule has 2 aromatic heterocycles. The Bertz CT molecular complexity index is 1350. The van der Waals surface area contributed by atoms with Gasteiger partial charge in [0.05, 0.1) is 13.7 Å². The number of ether oxygens (including phenoxy) is 1. The number of aromatic nitrogens is 5. The fourth-order valence-electron chi connectivity index (χ4n) is 4.81. The summed E-state index contributed by atoms with van der Waals surface area (Å²) in [5.41, 5.74) is 3.59. The summed E-state index contributed by atoms with van der Waals surface area (Å²) in [5.74, 6) is 1.47. The summed E-state index contributed by atoms with van der Waals surface area (Å²) < 4.78 is 7.09. The summed E-state index contributed by atoms with van der Waals surface area (Å²) in [7, 11) is 1.65. The van der Waals surface area contributed by atoms with Gasteiger partial charge in [0.15, 0.2) is 5.82 Å². The number of fused-ring (bicyclic) bond motifs is 1. The first-order valence-electron chi connectivity index (χ1n) is 12.0. The smallest absolute Gasteiger partial charge is 0.253 e.